The third kappa shape index (κ3) is 3.20. The molecule has 0 saturated heterocycles. The molecule has 2 aromatic carbocycles. The van der Waals surface area contributed by atoms with E-state index in [0.717, 1.165) is 0 Å². The van der Waals surface area contributed by atoms with E-state index in [4.69, 9.17) is 4.42 Å². The lowest BCUT2D eigenvalue weighted by atomic mass is 9.88. The van der Waals surface area contributed by atoms with Crippen LogP contribution in [-0.2, 0) is 10.4 Å². The number of Topliss-reactive ketones (excluding diaryl/α,β-unsaturated/α-hetero) is 1. The Bertz CT molecular complexity index is 1200. The first-order chi connectivity index (χ1) is 13.8. The zero-order chi connectivity index (χ0) is 20.8. The Morgan fingerprint density at radius 3 is 2.69 bits per heavy atom. The molecule has 0 saturated carbocycles. The standard InChI is InChI=1S/C22H18BrNO5/c1-2-9-24-17-8-7-14(23)11-16(17)22(28,21(24)27)12-18(25)15-10-13-5-3-4-6-19(13)29-20(15)26/h3-8,10-11,28H,2,9,12H2,1H3. The number of anilines is 1. The average Bonchev–Trinajstić information content (AvgIpc) is 2.89. The smallest absolute Gasteiger partial charge is 0.347 e. The average molecular weight is 456 g/mol. The molecule has 1 N–H and O–H groups in total. The maximum absolute atomic E-state index is 13.1. The van der Waals surface area contributed by atoms with E-state index in [1.807, 2.05) is 6.92 Å². The minimum absolute atomic E-state index is 0.185. The van der Waals surface area contributed by atoms with E-state index in [9.17, 15) is 19.5 Å². The molecule has 1 unspecified atom stereocenters. The molecule has 1 amide bonds. The second-order valence-corrected chi connectivity index (χ2v) is 7.98. The summed E-state index contributed by atoms with van der Waals surface area (Å²) in [6, 6.07) is 13.4. The molecule has 1 atom stereocenters. The fraction of sp³-hybridized carbons (Fsp3) is 0.227. The van der Waals surface area contributed by atoms with Crippen LogP contribution in [0.25, 0.3) is 11.0 Å². The second kappa shape index (κ2) is 7.24. The van der Waals surface area contributed by atoms with Gasteiger partial charge in [0.15, 0.2) is 11.4 Å². The molecule has 0 spiro atoms. The number of carbonyl (C=O) groups excluding carboxylic acids is 2. The summed E-state index contributed by atoms with van der Waals surface area (Å²) in [5.74, 6) is -1.21. The second-order valence-electron chi connectivity index (χ2n) is 7.06. The number of fused-ring (bicyclic) bond motifs is 2. The molecule has 4 rings (SSSR count). The maximum atomic E-state index is 13.1. The molecule has 0 aliphatic carbocycles. The Hall–Kier alpha value is -2.77. The summed E-state index contributed by atoms with van der Waals surface area (Å²) in [6.45, 7) is 2.34. The third-order valence-electron chi connectivity index (χ3n) is 5.10. The van der Waals surface area contributed by atoms with E-state index in [1.165, 1.54) is 11.0 Å². The molecule has 0 fully saturated rings. The summed E-state index contributed by atoms with van der Waals surface area (Å²) < 4.78 is 5.90. The third-order valence-corrected chi connectivity index (χ3v) is 5.59. The molecule has 6 nitrogen and oxygen atoms in total. The Kier molecular flexibility index (Phi) is 4.88. The maximum Gasteiger partial charge on any atom is 0.347 e. The Morgan fingerprint density at radius 2 is 1.93 bits per heavy atom. The van der Waals surface area contributed by atoms with Gasteiger partial charge in [0, 0.05) is 22.0 Å². The van der Waals surface area contributed by atoms with Crippen molar-refractivity contribution in [1.82, 2.24) is 0 Å². The van der Waals surface area contributed by atoms with Crippen molar-refractivity contribution in [2.75, 3.05) is 11.4 Å². The summed E-state index contributed by atoms with van der Waals surface area (Å²) in [5.41, 5.74) is -1.72. The molecule has 1 aliphatic heterocycles. The van der Waals surface area contributed by atoms with Crippen LogP contribution in [0.1, 0.15) is 35.7 Å². The highest BCUT2D eigenvalue weighted by Gasteiger charge is 2.51. The van der Waals surface area contributed by atoms with Gasteiger partial charge >= 0.3 is 5.63 Å². The number of rotatable bonds is 5. The topological polar surface area (TPSA) is 87.8 Å². The van der Waals surface area contributed by atoms with Gasteiger partial charge in [0.1, 0.15) is 11.1 Å². The van der Waals surface area contributed by atoms with Gasteiger partial charge < -0.3 is 14.4 Å². The van der Waals surface area contributed by atoms with Crippen molar-refractivity contribution in [2.24, 2.45) is 0 Å². The first-order valence-electron chi connectivity index (χ1n) is 9.25. The zero-order valence-electron chi connectivity index (χ0n) is 15.6. The van der Waals surface area contributed by atoms with Gasteiger partial charge in [-0.3, -0.25) is 9.59 Å². The predicted molar refractivity (Wildman–Crippen MR) is 112 cm³/mol. The van der Waals surface area contributed by atoms with Gasteiger partial charge in [-0.15, -0.1) is 0 Å². The first kappa shape index (κ1) is 19.5. The van der Waals surface area contributed by atoms with Crippen LogP contribution < -0.4 is 10.5 Å². The number of hydrogen-bond donors (Lipinski definition) is 1. The molecule has 7 heteroatoms. The minimum atomic E-state index is -2.04. The minimum Gasteiger partial charge on any atom is -0.422 e. The molecule has 0 bridgehead atoms. The molecule has 0 radical (unpaired) electrons. The summed E-state index contributed by atoms with van der Waals surface area (Å²) in [7, 11) is 0. The van der Waals surface area contributed by atoms with Crippen molar-refractivity contribution in [3.05, 3.63) is 74.6 Å². The number of aliphatic hydroxyl groups is 1. The highest BCUT2D eigenvalue weighted by Crippen LogP contribution is 2.44. The van der Waals surface area contributed by atoms with Gasteiger partial charge in [0.25, 0.3) is 5.91 Å². The predicted octanol–water partition coefficient (Wildman–Crippen LogP) is 3.77. The molecule has 3 aromatic rings. The van der Waals surface area contributed by atoms with Gasteiger partial charge in [-0.2, -0.15) is 0 Å². The lowest BCUT2D eigenvalue weighted by molar-refractivity contribution is -0.135. The Labute approximate surface area is 174 Å². The summed E-state index contributed by atoms with van der Waals surface area (Å²) >= 11 is 3.35. The molecular weight excluding hydrogens is 438 g/mol. The SMILES string of the molecule is CCCN1C(=O)C(O)(CC(=O)c2cc3ccccc3oc2=O)c2cc(Br)ccc21. The quantitative estimate of drug-likeness (QED) is 0.467. The van der Waals surface area contributed by atoms with E-state index in [2.05, 4.69) is 15.9 Å². The number of halogens is 1. The van der Waals surface area contributed by atoms with Gasteiger partial charge in [-0.05, 0) is 36.8 Å². The number of carbonyl (C=O) groups is 2. The largest absolute Gasteiger partial charge is 0.422 e. The number of para-hydroxylation sites is 1. The van der Waals surface area contributed by atoms with Crippen LogP contribution in [0.3, 0.4) is 0 Å². The van der Waals surface area contributed by atoms with Gasteiger partial charge in [-0.1, -0.05) is 41.1 Å². The Morgan fingerprint density at radius 1 is 1.17 bits per heavy atom. The molecular formula is C22H18BrNO5. The van der Waals surface area contributed by atoms with Gasteiger partial charge in [0.05, 0.1) is 12.1 Å². The van der Waals surface area contributed by atoms with Gasteiger partial charge in [0.2, 0.25) is 0 Å². The van der Waals surface area contributed by atoms with Crippen LogP contribution in [-0.4, -0.2) is 23.3 Å². The lowest BCUT2D eigenvalue weighted by Crippen LogP contribution is -2.42. The van der Waals surface area contributed by atoms with Crippen molar-refractivity contribution >= 4 is 44.3 Å². The fourth-order valence-corrected chi connectivity index (χ4v) is 4.08. The van der Waals surface area contributed by atoms with Crippen molar-refractivity contribution in [3.8, 4) is 0 Å². The number of nitrogens with zero attached hydrogens (tertiary/aromatic N) is 1. The molecule has 1 aromatic heterocycles. The van der Waals surface area contributed by atoms with Crippen LogP contribution >= 0.6 is 15.9 Å². The van der Waals surface area contributed by atoms with E-state index in [0.29, 0.717) is 39.7 Å². The highest BCUT2D eigenvalue weighted by molar-refractivity contribution is 9.10. The molecule has 29 heavy (non-hydrogen) atoms. The van der Waals surface area contributed by atoms with Crippen LogP contribution in [0.15, 0.2) is 62.2 Å². The zero-order valence-corrected chi connectivity index (χ0v) is 17.2. The highest BCUT2D eigenvalue weighted by atomic mass is 79.9. The van der Waals surface area contributed by atoms with Crippen molar-refractivity contribution in [3.63, 3.8) is 0 Å². The molecule has 148 valence electrons. The normalized spacial score (nSPS) is 18.3. The van der Waals surface area contributed by atoms with E-state index < -0.39 is 29.3 Å². The van der Waals surface area contributed by atoms with Crippen molar-refractivity contribution in [2.45, 2.75) is 25.4 Å². The van der Waals surface area contributed by atoms with Crippen LogP contribution in [0, 0.1) is 0 Å². The van der Waals surface area contributed by atoms with Crippen molar-refractivity contribution < 1.29 is 19.1 Å². The summed E-state index contributed by atoms with van der Waals surface area (Å²) in [6.07, 6.45) is 0.151. The van der Waals surface area contributed by atoms with E-state index in [-0.39, 0.29) is 5.56 Å². The number of ketones is 1. The Balaban J connectivity index is 1.76. The molecule has 1 aliphatic rings. The van der Waals surface area contributed by atoms with Crippen LogP contribution in [0.5, 0.6) is 0 Å². The van der Waals surface area contributed by atoms with Crippen LogP contribution in [0.4, 0.5) is 5.69 Å². The summed E-state index contributed by atoms with van der Waals surface area (Å²) in [4.78, 5) is 39.8. The number of hydrogen-bond acceptors (Lipinski definition) is 5. The number of amides is 1. The fourth-order valence-electron chi connectivity index (χ4n) is 3.72. The van der Waals surface area contributed by atoms with E-state index >= 15 is 0 Å². The van der Waals surface area contributed by atoms with E-state index in [1.54, 1.807) is 42.5 Å². The van der Waals surface area contributed by atoms with Crippen LogP contribution in [0.2, 0.25) is 0 Å². The van der Waals surface area contributed by atoms with Crippen molar-refractivity contribution in [1.29, 1.82) is 0 Å². The summed E-state index contributed by atoms with van der Waals surface area (Å²) in [5, 5.41) is 11.9. The number of benzene rings is 2. The molecule has 2 heterocycles. The van der Waals surface area contributed by atoms with Gasteiger partial charge in [-0.25, -0.2) is 4.79 Å². The first-order valence-corrected chi connectivity index (χ1v) is 10.0. The monoisotopic (exact) mass is 455 g/mol. The lowest BCUT2D eigenvalue weighted by Gasteiger charge is -2.22.